The van der Waals surface area contributed by atoms with Crippen LogP contribution in [0.25, 0.3) is 0 Å². The van der Waals surface area contributed by atoms with Crippen LogP contribution in [0.15, 0.2) is 34.5 Å². The van der Waals surface area contributed by atoms with Gasteiger partial charge >= 0.3 is 0 Å². The number of hydrogen-bond acceptors (Lipinski definition) is 4. The lowest BCUT2D eigenvalue weighted by molar-refractivity contribution is -0.116. The summed E-state index contributed by atoms with van der Waals surface area (Å²) in [6.07, 6.45) is 0.810. The summed E-state index contributed by atoms with van der Waals surface area (Å²) in [7, 11) is -3.54. The van der Waals surface area contributed by atoms with Gasteiger partial charge in [-0.1, -0.05) is 19.1 Å². The molecule has 25 heavy (non-hydrogen) atoms. The average molecular weight is 381 g/mol. The summed E-state index contributed by atoms with van der Waals surface area (Å²) in [6, 6.07) is 9.35. The number of hydrogen-bond donors (Lipinski definition) is 1. The zero-order chi connectivity index (χ0) is 18.6. The summed E-state index contributed by atoms with van der Waals surface area (Å²) in [5, 5.41) is 0. The van der Waals surface area contributed by atoms with Crippen molar-refractivity contribution in [3.8, 4) is 0 Å². The standard InChI is InChI=1S/C18H24N2O3S2/c1-5-16-8-9-18(24-16)25(22,23)19-10-11-20(15(4)21)17-12-13(2)6-7-14(17)3/h6-9,12,19H,5,10-11H2,1-4H3. The van der Waals surface area contributed by atoms with Gasteiger partial charge in [-0.2, -0.15) is 0 Å². The van der Waals surface area contributed by atoms with Crippen LogP contribution in [0.5, 0.6) is 0 Å². The van der Waals surface area contributed by atoms with Gasteiger partial charge in [0.25, 0.3) is 0 Å². The van der Waals surface area contributed by atoms with E-state index in [1.807, 2.05) is 45.0 Å². The largest absolute Gasteiger partial charge is 0.311 e. The van der Waals surface area contributed by atoms with Crippen molar-refractivity contribution in [1.82, 2.24) is 4.72 Å². The Bertz CT molecular complexity index is 857. The quantitative estimate of drug-likeness (QED) is 0.802. The molecule has 1 heterocycles. The number of carbonyl (C=O) groups is 1. The van der Waals surface area contributed by atoms with E-state index in [0.29, 0.717) is 4.21 Å². The molecule has 0 bridgehead atoms. The first kappa shape index (κ1) is 19.6. The second-order valence-electron chi connectivity index (χ2n) is 5.93. The molecule has 0 fully saturated rings. The molecule has 1 N–H and O–H groups in total. The average Bonchev–Trinajstić information content (AvgIpc) is 3.04. The molecule has 7 heteroatoms. The lowest BCUT2D eigenvalue weighted by Crippen LogP contribution is -2.37. The first-order valence-corrected chi connectivity index (χ1v) is 10.5. The second-order valence-corrected chi connectivity index (χ2v) is 9.09. The van der Waals surface area contributed by atoms with Crippen LogP contribution in [0.2, 0.25) is 0 Å². The van der Waals surface area contributed by atoms with Gasteiger partial charge < -0.3 is 4.90 Å². The maximum absolute atomic E-state index is 12.4. The molecule has 5 nitrogen and oxygen atoms in total. The summed E-state index contributed by atoms with van der Waals surface area (Å²) < 4.78 is 27.6. The summed E-state index contributed by atoms with van der Waals surface area (Å²) >= 11 is 1.27. The van der Waals surface area contributed by atoms with E-state index in [1.165, 1.54) is 18.3 Å². The first-order chi connectivity index (χ1) is 11.7. The maximum Gasteiger partial charge on any atom is 0.250 e. The minimum absolute atomic E-state index is 0.114. The number of rotatable bonds is 7. The third-order valence-electron chi connectivity index (χ3n) is 3.91. The first-order valence-electron chi connectivity index (χ1n) is 8.18. The van der Waals surface area contributed by atoms with Crippen LogP contribution in [0.1, 0.15) is 29.9 Å². The van der Waals surface area contributed by atoms with Crippen molar-refractivity contribution >= 4 is 33.0 Å². The fourth-order valence-electron chi connectivity index (χ4n) is 2.51. The van der Waals surface area contributed by atoms with Gasteiger partial charge in [0.05, 0.1) is 0 Å². The van der Waals surface area contributed by atoms with E-state index in [0.717, 1.165) is 28.1 Å². The Morgan fingerprint density at radius 1 is 1.20 bits per heavy atom. The van der Waals surface area contributed by atoms with Crippen molar-refractivity contribution < 1.29 is 13.2 Å². The molecule has 2 aromatic rings. The Labute approximate surface area is 153 Å². The molecule has 136 valence electrons. The van der Waals surface area contributed by atoms with Gasteiger partial charge in [-0.15, -0.1) is 11.3 Å². The Morgan fingerprint density at radius 2 is 1.92 bits per heavy atom. The topological polar surface area (TPSA) is 66.5 Å². The minimum Gasteiger partial charge on any atom is -0.311 e. The molecule has 1 amide bonds. The third-order valence-corrected chi connectivity index (χ3v) is 7.10. The fourth-order valence-corrected chi connectivity index (χ4v) is 4.87. The smallest absolute Gasteiger partial charge is 0.250 e. The molecule has 0 saturated heterocycles. The molecular formula is C18H24N2O3S2. The van der Waals surface area contributed by atoms with Crippen molar-refractivity contribution in [3.63, 3.8) is 0 Å². The second kappa shape index (κ2) is 8.12. The van der Waals surface area contributed by atoms with E-state index in [1.54, 1.807) is 11.0 Å². The number of thiophene rings is 1. The maximum atomic E-state index is 12.4. The van der Waals surface area contributed by atoms with Crippen molar-refractivity contribution in [2.45, 2.75) is 38.3 Å². The van der Waals surface area contributed by atoms with Crippen molar-refractivity contribution in [1.29, 1.82) is 0 Å². The van der Waals surface area contributed by atoms with Gasteiger partial charge in [-0.3, -0.25) is 4.79 Å². The van der Waals surface area contributed by atoms with E-state index < -0.39 is 10.0 Å². The van der Waals surface area contributed by atoms with Gasteiger partial charge in [-0.05, 0) is 49.6 Å². The third kappa shape index (κ3) is 4.90. The number of amides is 1. The highest BCUT2D eigenvalue weighted by Gasteiger charge is 2.18. The van der Waals surface area contributed by atoms with Crippen LogP contribution in [-0.4, -0.2) is 27.4 Å². The number of nitrogens with zero attached hydrogens (tertiary/aromatic N) is 1. The van der Waals surface area contributed by atoms with Crippen LogP contribution in [0.4, 0.5) is 5.69 Å². The molecular weight excluding hydrogens is 356 g/mol. The normalized spacial score (nSPS) is 11.5. The fraction of sp³-hybridized carbons (Fsp3) is 0.389. The van der Waals surface area contributed by atoms with Crippen LogP contribution in [-0.2, 0) is 21.2 Å². The Kier molecular flexibility index (Phi) is 6.37. The zero-order valence-corrected chi connectivity index (χ0v) is 16.6. The van der Waals surface area contributed by atoms with Crippen LogP contribution < -0.4 is 9.62 Å². The predicted molar refractivity (Wildman–Crippen MR) is 103 cm³/mol. The number of anilines is 1. The molecule has 0 aliphatic heterocycles. The molecule has 0 aliphatic rings. The summed E-state index contributed by atoms with van der Waals surface area (Å²) in [5.74, 6) is -0.114. The molecule has 0 radical (unpaired) electrons. The number of benzene rings is 1. The van der Waals surface area contributed by atoms with Crippen molar-refractivity contribution in [3.05, 3.63) is 46.3 Å². The van der Waals surface area contributed by atoms with E-state index in [-0.39, 0.29) is 19.0 Å². The van der Waals surface area contributed by atoms with Gasteiger partial charge in [0.2, 0.25) is 15.9 Å². The van der Waals surface area contributed by atoms with Crippen LogP contribution >= 0.6 is 11.3 Å². The van der Waals surface area contributed by atoms with Gasteiger partial charge in [0, 0.05) is 30.6 Å². The van der Waals surface area contributed by atoms with Crippen LogP contribution in [0, 0.1) is 13.8 Å². The number of sulfonamides is 1. The molecule has 0 spiro atoms. The Morgan fingerprint density at radius 3 is 2.52 bits per heavy atom. The van der Waals surface area contributed by atoms with Crippen molar-refractivity contribution in [2.24, 2.45) is 0 Å². The minimum atomic E-state index is -3.54. The summed E-state index contributed by atoms with van der Waals surface area (Å²) in [6.45, 7) is 7.83. The molecule has 0 unspecified atom stereocenters. The van der Waals surface area contributed by atoms with Gasteiger partial charge in [-0.25, -0.2) is 13.1 Å². The van der Waals surface area contributed by atoms with Crippen LogP contribution in [0.3, 0.4) is 0 Å². The van der Waals surface area contributed by atoms with Gasteiger partial charge in [0.15, 0.2) is 0 Å². The monoisotopic (exact) mass is 380 g/mol. The SMILES string of the molecule is CCc1ccc(S(=O)(=O)NCCN(C(C)=O)c2cc(C)ccc2C)s1. The highest BCUT2D eigenvalue weighted by Crippen LogP contribution is 2.23. The Balaban J connectivity index is 2.09. The van der Waals surface area contributed by atoms with Crippen molar-refractivity contribution in [2.75, 3.05) is 18.0 Å². The lowest BCUT2D eigenvalue weighted by Gasteiger charge is -2.23. The summed E-state index contributed by atoms with van der Waals surface area (Å²) in [5.41, 5.74) is 2.85. The molecule has 1 aromatic carbocycles. The highest BCUT2D eigenvalue weighted by molar-refractivity contribution is 7.91. The van der Waals surface area contributed by atoms with E-state index in [9.17, 15) is 13.2 Å². The Hall–Kier alpha value is -1.70. The summed E-state index contributed by atoms with van der Waals surface area (Å²) in [4.78, 5) is 14.7. The van der Waals surface area contributed by atoms with E-state index in [2.05, 4.69) is 4.72 Å². The molecule has 0 aliphatic carbocycles. The number of aryl methyl sites for hydroxylation is 3. The van der Waals surface area contributed by atoms with E-state index >= 15 is 0 Å². The lowest BCUT2D eigenvalue weighted by atomic mass is 10.1. The predicted octanol–water partition coefficient (Wildman–Crippen LogP) is 3.26. The van der Waals surface area contributed by atoms with E-state index in [4.69, 9.17) is 0 Å². The number of nitrogens with one attached hydrogen (secondary N) is 1. The molecule has 0 saturated carbocycles. The molecule has 0 atom stereocenters. The van der Waals surface area contributed by atoms with Gasteiger partial charge in [0.1, 0.15) is 4.21 Å². The molecule has 1 aromatic heterocycles. The number of carbonyl (C=O) groups excluding carboxylic acids is 1. The molecule has 2 rings (SSSR count). The zero-order valence-electron chi connectivity index (χ0n) is 15.0. The highest BCUT2D eigenvalue weighted by atomic mass is 32.2.